The maximum atomic E-state index is 11.1. The van der Waals surface area contributed by atoms with Gasteiger partial charge < -0.3 is 15.2 Å². The number of aromatic nitrogens is 2. The van der Waals surface area contributed by atoms with E-state index < -0.39 is 0 Å². The molecule has 0 aliphatic rings. The van der Waals surface area contributed by atoms with Crippen LogP contribution >= 0.6 is 15.9 Å². The minimum absolute atomic E-state index is 0.363. The molecule has 0 amide bonds. The average molecular weight is 326 g/mol. The third-order valence-electron chi connectivity index (χ3n) is 2.62. The number of hydrogen-bond donors (Lipinski definition) is 2. The summed E-state index contributed by atoms with van der Waals surface area (Å²) in [7, 11) is 2.98. The minimum atomic E-state index is 0.363. The molecule has 0 saturated heterocycles. The number of hydrogen-bond acceptors (Lipinski definition) is 5. The highest BCUT2D eigenvalue weighted by atomic mass is 79.9. The number of rotatable bonds is 4. The second kappa shape index (κ2) is 5.31. The van der Waals surface area contributed by atoms with Gasteiger partial charge in [-0.25, -0.2) is 0 Å². The predicted octanol–water partition coefficient (Wildman–Crippen LogP) is 2.25. The van der Waals surface area contributed by atoms with Crippen LogP contribution in [0, 0.1) is 0 Å². The Balaban J connectivity index is 2.76. The van der Waals surface area contributed by atoms with E-state index >= 15 is 0 Å². The summed E-state index contributed by atoms with van der Waals surface area (Å²) in [6.45, 7) is 0. The molecule has 0 aliphatic carbocycles. The molecule has 1 heterocycles. The number of methoxy groups -OCH3 is 2. The molecule has 0 aliphatic heterocycles. The van der Waals surface area contributed by atoms with Crippen molar-refractivity contribution in [1.82, 2.24) is 10.2 Å². The van der Waals surface area contributed by atoms with Crippen molar-refractivity contribution in [2.24, 2.45) is 0 Å². The Morgan fingerprint density at radius 1 is 1.32 bits per heavy atom. The molecule has 0 fully saturated rings. The zero-order chi connectivity index (χ0) is 14.0. The second-order valence-corrected chi connectivity index (χ2v) is 4.57. The number of aldehydes is 1. The minimum Gasteiger partial charge on any atom is -0.492 e. The van der Waals surface area contributed by atoms with Gasteiger partial charge in [0.25, 0.3) is 0 Å². The van der Waals surface area contributed by atoms with E-state index in [-0.39, 0.29) is 0 Å². The molecule has 0 spiro atoms. The first-order valence-electron chi connectivity index (χ1n) is 5.33. The van der Waals surface area contributed by atoms with Gasteiger partial charge in [0.15, 0.2) is 17.8 Å². The summed E-state index contributed by atoms with van der Waals surface area (Å²) in [5, 5.41) is 6.67. The van der Waals surface area contributed by atoms with Crippen molar-refractivity contribution in [2.45, 2.75) is 0 Å². The first-order valence-corrected chi connectivity index (χ1v) is 6.12. The first kappa shape index (κ1) is 13.4. The molecule has 3 N–H and O–H groups in total. The van der Waals surface area contributed by atoms with Crippen molar-refractivity contribution in [3.8, 4) is 22.8 Å². The lowest BCUT2D eigenvalue weighted by Crippen LogP contribution is -1.99. The van der Waals surface area contributed by atoms with E-state index in [9.17, 15) is 4.79 Å². The Labute approximate surface area is 118 Å². The second-order valence-electron chi connectivity index (χ2n) is 3.71. The largest absolute Gasteiger partial charge is 0.492 e. The van der Waals surface area contributed by atoms with Crippen LogP contribution in [0.25, 0.3) is 11.3 Å². The van der Waals surface area contributed by atoms with E-state index in [0.717, 1.165) is 0 Å². The lowest BCUT2D eigenvalue weighted by Gasteiger charge is -2.15. The highest BCUT2D eigenvalue weighted by Crippen LogP contribution is 2.44. The number of ether oxygens (including phenoxy) is 2. The first-order chi connectivity index (χ1) is 9.12. The maximum Gasteiger partial charge on any atom is 0.172 e. The zero-order valence-electron chi connectivity index (χ0n) is 10.4. The quantitative estimate of drug-likeness (QED) is 0.841. The molecule has 1 aromatic carbocycles. The number of anilines is 1. The third-order valence-corrected chi connectivity index (χ3v) is 3.24. The molecule has 7 heteroatoms. The van der Waals surface area contributed by atoms with Gasteiger partial charge in [-0.15, -0.1) is 0 Å². The van der Waals surface area contributed by atoms with Gasteiger partial charge in [-0.05, 0) is 22.0 Å². The molecular formula is C12H12BrN3O3. The fourth-order valence-corrected chi connectivity index (χ4v) is 2.48. The summed E-state index contributed by atoms with van der Waals surface area (Å²) < 4.78 is 11.3. The highest BCUT2D eigenvalue weighted by molar-refractivity contribution is 9.10. The van der Waals surface area contributed by atoms with Crippen LogP contribution < -0.4 is 15.2 Å². The average Bonchev–Trinajstić information content (AvgIpc) is 2.83. The molecule has 19 heavy (non-hydrogen) atoms. The molecular weight excluding hydrogens is 314 g/mol. The monoisotopic (exact) mass is 325 g/mol. The van der Waals surface area contributed by atoms with Crippen molar-refractivity contribution in [3.05, 3.63) is 22.2 Å². The Bertz CT molecular complexity index is 625. The fourth-order valence-electron chi connectivity index (χ4n) is 1.84. The van der Waals surface area contributed by atoms with Gasteiger partial charge in [0.05, 0.1) is 31.0 Å². The highest BCUT2D eigenvalue weighted by Gasteiger charge is 2.21. The summed E-state index contributed by atoms with van der Waals surface area (Å²) >= 11 is 3.41. The molecule has 2 aromatic rings. The van der Waals surface area contributed by atoms with Crippen LogP contribution in [0.4, 0.5) is 5.82 Å². The van der Waals surface area contributed by atoms with E-state index in [1.165, 1.54) is 14.2 Å². The third kappa shape index (κ3) is 2.28. The van der Waals surface area contributed by atoms with Gasteiger partial charge in [-0.3, -0.25) is 9.89 Å². The van der Waals surface area contributed by atoms with E-state index in [2.05, 4.69) is 26.1 Å². The van der Waals surface area contributed by atoms with E-state index in [1.807, 2.05) is 0 Å². The lowest BCUT2D eigenvalue weighted by atomic mass is 10.1. The van der Waals surface area contributed by atoms with Crippen LogP contribution in [0.1, 0.15) is 10.4 Å². The predicted molar refractivity (Wildman–Crippen MR) is 74.6 cm³/mol. The molecule has 0 unspecified atom stereocenters. The summed E-state index contributed by atoms with van der Waals surface area (Å²) in [6, 6.07) is 3.32. The van der Waals surface area contributed by atoms with Crippen LogP contribution in [0.2, 0.25) is 0 Å². The number of carbonyl (C=O) groups is 1. The molecule has 1 aromatic heterocycles. The molecule has 0 radical (unpaired) electrons. The van der Waals surface area contributed by atoms with Gasteiger partial charge in [0, 0.05) is 10.5 Å². The Kier molecular flexibility index (Phi) is 3.75. The zero-order valence-corrected chi connectivity index (χ0v) is 11.9. The Hall–Kier alpha value is -2.02. The topological polar surface area (TPSA) is 90.2 Å². The number of H-pyrrole nitrogens is 1. The normalized spacial score (nSPS) is 10.3. The summed E-state index contributed by atoms with van der Waals surface area (Å²) in [5.41, 5.74) is 7.34. The van der Waals surface area contributed by atoms with Gasteiger partial charge in [0.1, 0.15) is 5.82 Å². The van der Waals surface area contributed by atoms with Crippen LogP contribution in [0.5, 0.6) is 11.5 Å². The summed E-state index contributed by atoms with van der Waals surface area (Å²) in [6.07, 6.45) is 0.706. The number of halogens is 1. The number of nitrogens with one attached hydrogen (secondary N) is 1. The number of nitrogens with two attached hydrogens (primary N) is 1. The molecule has 100 valence electrons. The van der Waals surface area contributed by atoms with Crippen LogP contribution in [0.15, 0.2) is 16.6 Å². The van der Waals surface area contributed by atoms with Gasteiger partial charge >= 0.3 is 0 Å². The van der Waals surface area contributed by atoms with E-state index in [0.29, 0.717) is 44.9 Å². The summed E-state index contributed by atoms with van der Waals surface area (Å²) in [4.78, 5) is 11.1. The molecule has 0 saturated carbocycles. The Morgan fingerprint density at radius 2 is 2.00 bits per heavy atom. The van der Waals surface area contributed by atoms with Crippen molar-refractivity contribution < 1.29 is 14.3 Å². The van der Waals surface area contributed by atoms with Gasteiger partial charge in [-0.1, -0.05) is 0 Å². The number of nitrogen functional groups attached to an aromatic ring is 1. The van der Waals surface area contributed by atoms with Crippen molar-refractivity contribution in [2.75, 3.05) is 20.0 Å². The number of benzene rings is 1. The fraction of sp³-hybridized carbons (Fsp3) is 0.167. The van der Waals surface area contributed by atoms with Crippen LogP contribution in [-0.4, -0.2) is 30.7 Å². The standard InChI is InChI=1S/C12H12BrN3O3/c1-18-11-6(5-17)3-7(13)10(12(11)19-2)8-4-9(14)16-15-8/h3-5H,1-2H3,(H3,14,15,16). The molecule has 0 atom stereocenters. The van der Waals surface area contributed by atoms with Crippen molar-refractivity contribution >= 4 is 28.0 Å². The van der Waals surface area contributed by atoms with Gasteiger partial charge in [-0.2, -0.15) is 5.10 Å². The molecule has 0 bridgehead atoms. The van der Waals surface area contributed by atoms with E-state index in [4.69, 9.17) is 15.2 Å². The van der Waals surface area contributed by atoms with Crippen molar-refractivity contribution in [1.29, 1.82) is 0 Å². The molecule has 6 nitrogen and oxygen atoms in total. The Morgan fingerprint density at radius 3 is 2.47 bits per heavy atom. The maximum absolute atomic E-state index is 11.1. The molecule has 2 rings (SSSR count). The number of carbonyl (C=O) groups excluding carboxylic acids is 1. The number of nitrogens with zero attached hydrogens (tertiary/aromatic N) is 1. The smallest absolute Gasteiger partial charge is 0.172 e. The summed E-state index contributed by atoms with van der Waals surface area (Å²) in [5.74, 6) is 1.16. The SMILES string of the molecule is COc1c(C=O)cc(Br)c(-c2cc(N)n[nH]2)c1OC. The van der Waals surface area contributed by atoms with Crippen LogP contribution in [-0.2, 0) is 0 Å². The number of aromatic amines is 1. The lowest BCUT2D eigenvalue weighted by molar-refractivity contribution is 0.112. The van der Waals surface area contributed by atoms with Gasteiger partial charge in [0.2, 0.25) is 0 Å². The van der Waals surface area contributed by atoms with Crippen molar-refractivity contribution in [3.63, 3.8) is 0 Å². The van der Waals surface area contributed by atoms with E-state index in [1.54, 1.807) is 12.1 Å². The van der Waals surface area contributed by atoms with Crippen LogP contribution in [0.3, 0.4) is 0 Å².